The van der Waals surface area contributed by atoms with Crippen molar-refractivity contribution >= 4 is 34.7 Å². The van der Waals surface area contributed by atoms with Crippen LogP contribution in [0.25, 0.3) is 0 Å². The number of thiophene rings is 1. The van der Waals surface area contributed by atoms with Crippen LogP contribution in [0.2, 0.25) is 0 Å². The minimum Gasteiger partial charge on any atom is -0.477 e. The highest BCUT2D eigenvalue weighted by atomic mass is 32.2. The zero-order valence-corrected chi connectivity index (χ0v) is 14.2. The van der Waals surface area contributed by atoms with Crippen LogP contribution in [-0.2, 0) is 0 Å². The normalized spacial score (nSPS) is 11.0. The van der Waals surface area contributed by atoms with E-state index in [0.717, 1.165) is 11.3 Å². The summed E-state index contributed by atoms with van der Waals surface area (Å²) >= 11 is 1.48. The van der Waals surface area contributed by atoms with Crippen LogP contribution in [0.5, 0.6) is 5.88 Å². The molecule has 0 unspecified atom stereocenters. The van der Waals surface area contributed by atoms with Crippen molar-refractivity contribution in [2.45, 2.75) is 24.5 Å². The van der Waals surface area contributed by atoms with Gasteiger partial charge in [0.1, 0.15) is 4.88 Å². The standard InChI is InChI=1S/C15H16F2N2O2S2/c1-9(2)8-21-12-4-3-10(7-18-12)19-14(20)13-11(5-6-22-13)23-15(16)17/h3-7,9,15H,8H2,1-2H3,(H,19,20). The molecule has 4 nitrogen and oxygen atoms in total. The van der Waals surface area contributed by atoms with E-state index in [4.69, 9.17) is 4.74 Å². The number of thioether (sulfide) groups is 1. The second-order valence-corrected chi connectivity index (χ2v) is 6.98. The SMILES string of the molecule is CC(C)COc1ccc(NC(=O)c2sccc2SC(F)F)cn1. The van der Waals surface area contributed by atoms with E-state index in [-0.39, 0.29) is 9.77 Å². The van der Waals surface area contributed by atoms with E-state index in [1.54, 1.807) is 17.5 Å². The van der Waals surface area contributed by atoms with Crippen LogP contribution >= 0.6 is 23.1 Å². The van der Waals surface area contributed by atoms with Gasteiger partial charge in [0.05, 0.1) is 18.5 Å². The van der Waals surface area contributed by atoms with Crippen molar-refractivity contribution in [3.8, 4) is 5.88 Å². The Hall–Kier alpha value is -1.67. The van der Waals surface area contributed by atoms with E-state index in [2.05, 4.69) is 10.3 Å². The molecular formula is C15H16F2N2O2S2. The van der Waals surface area contributed by atoms with Crippen LogP contribution in [0.4, 0.5) is 14.5 Å². The van der Waals surface area contributed by atoms with Gasteiger partial charge in [0.15, 0.2) is 0 Å². The van der Waals surface area contributed by atoms with E-state index in [9.17, 15) is 13.6 Å². The van der Waals surface area contributed by atoms with E-state index in [1.165, 1.54) is 12.3 Å². The van der Waals surface area contributed by atoms with Crippen LogP contribution in [0.1, 0.15) is 23.5 Å². The van der Waals surface area contributed by atoms with Crippen molar-refractivity contribution < 1.29 is 18.3 Å². The lowest BCUT2D eigenvalue weighted by atomic mass is 10.2. The van der Waals surface area contributed by atoms with Gasteiger partial charge in [-0.2, -0.15) is 8.78 Å². The Bertz CT molecular complexity index is 645. The van der Waals surface area contributed by atoms with Gasteiger partial charge in [-0.15, -0.1) is 11.3 Å². The molecule has 0 atom stereocenters. The number of alkyl halides is 2. The largest absolute Gasteiger partial charge is 0.477 e. The van der Waals surface area contributed by atoms with E-state index >= 15 is 0 Å². The van der Waals surface area contributed by atoms with Crippen LogP contribution in [0, 0.1) is 5.92 Å². The third-order valence-electron chi connectivity index (χ3n) is 2.61. The Kier molecular flexibility index (Phi) is 6.35. The number of rotatable bonds is 7. The fraction of sp³-hybridized carbons (Fsp3) is 0.333. The van der Waals surface area contributed by atoms with Gasteiger partial charge < -0.3 is 10.1 Å². The second kappa shape index (κ2) is 8.26. The topological polar surface area (TPSA) is 51.2 Å². The predicted molar refractivity (Wildman–Crippen MR) is 88.7 cm³/mol. The summed E-state index contributed by atoms with van der Waals surface area (Å²) in [5, 5.41) is 4.26. The Morgan fingerprint density at radius 1 is 1.39 bits per heavy atom. The second-order valence-electron chi connectivity index (χ2n) is 5.04. The molecule has 8 heteroatoms. The van der Waals surface area contributed by atoms with E-state index in [1.807, 2.05) is 13.8 Å². The van der Waals surface area contributed by atoms with Crippen molar-refractivity contribution in [2.24, 2.45) is 5.92 Å². The first-order valence-corrected chi connectivity index (χ1v) is 8.64. The van der Waals surface area contributed by atoms with Gasteiger partial charge in [-0.05, 0) is 23.4 Å². The van der Waals surface area contributed by atoms with Crippen molar-refractivity contribution in [1.82, 2.24) is 4.98 Å². The summed E-state index contributed by atoms with van der Waals surface area (Å²) in [5.41, 5.74) is 0.480. The number of aromatic nitrogens is 1. The molecule has 1 amide bonds. The van der Waals surface area contributed by atoms with Gasteiger partial charge in [0, 0.05) is 11.0 Å². The third-order valence-corrected chi connectivity index (χ3v) is 4.42. The number of hydrogen-bond donors (Lipinski definition) is 1. The fourth-order valence-electron chi connectivity index (χ4n) is 1.63. The lowest BCUT2D eigenvalue weighted by Crippen LogP contribution is -2.12. The number of carbonyl (C=O) groups is 1. The summed E-state index contributed by atoms with van der Waals surface area (Å²) in [5.74, 6) is -2.13. The molecule has 0 spiro atoms. The van der Waals surface area contributed by atoms with Crippen molar-refractivity contribution in [3.05, 3.63) is 34.7 Å². The van der Waals surface area contributed by atoms with Crippen LogP contribution in [-0.4, -0.2) is 23.3 Å². The van der Waals surface area contributed by atoms with Gasteiger partial charge in [-0.1, -0.05) is 25.6 Å². The summed E-state index contributed by atoms with van der Waals surface area (Å²) in [7, 11) is 0. The molecule has 2 aromatic heterocycles. The number of amides is 1. The van der Waals surface area contributed by atoms with Gasteiger partial charge in [-0.3, -0.25) is 4.79 Å². The molecule has 124 valence electrons. The zero-order valence-electron chi connectivity index (χ0n) is 12.6. The molecule has 2 aromatic rings. The number of hydrogen-bond acceptors (Lipinski definition) is 5. The summed E-state index contributed by atoms with van der Waals surface area (Å²) in [6.45, 7) is 4.62. The average molecular weight is 358 g/mol. The summed E-state index contributed by atoms with van der Waals surface area (Å²) in [6.07, 6.45) is 1.47. The number of anilines is 1. The van der Waals surface area contributed by atoms with Gasteiger partial charge >= 0.3 is 0 Å². The zero-order chi connectivity index (χ0) is 16.8. The maximum atomic E-state index is 12.5. The number of carbonyl (C=O) groups excluding carboxylic acids is 1. The van der Waals surface area contributed by atoms with Crippen LogP contribution < -0.4 is 10.1 Å². The average Bonchev–Trinajstić information content (AvgIpc) is 2.94. The minimum absolute atomic E-state index is 0.260. The lowest BCUT2D eigenvalue weighted by molar-refractivity contribution is 0.102. The molecular weight excluding hydrogens is 342 g/mol. The first kappa shape index (κ1) is 17.7. The quantitative estimate of drug-likeness (QED) is 0.726. The van der Waals surface area contributed by atoms with Crippen LogP contribution in [0.3, 0.4) is 0 Å². The van der Waals surface area contributed by atoms with Gasteiger partial charge in [0.25, 0.3) is 11.7 Å². The predicted octanol–water partition coefficient (Wildman–Crippen LogP) is 4.74. The minimum atomic E-state index is -2.56. The molecule has 0 saturated carbocycles. The Balaban J connectivity index is 1.99. The maximum Gasteiger partial charge on any atom is 0.288 e. The Labute approximate surface area is 141 Å². The number of nitrogens with zero attached hydrogens (tertiary/aromatic N) is 1. The maximum absolute atomic E-state index is 12.5. The molecule has 0 fully saturated rings. The molecule has 0 aliphatic heterocycles. The highest BCUT2D eigenvalue weighted by Gasteiger charge is 2.17. The highest BCUT2D eigenvalue weighted by molar-refractivity contribution is 7.99. The molecule has 1 N–H and O–H groups in total. The number of nitrogens with one attached hydrogen (secondary N) is 1. The van der Waals surface area contributed by atoms with Gasteiger partial charge in [0.2, 0.25) is 5.88 Å². The van der Waals surface area contributed by atoms with E-state index in [0.29, 0.717) is 35.9 Å². The highest BCUT2D eigenvalue weighted by Crippen LogP contribution is 2.32. The molecule has 2 rings (SSSR count). The Morgan fingerprint density at radius 2 is 2.17 bits per heavy atom. The molecule has 0 bridgehead atoms. The van der Waals surface area contributed by atoms with Crippen molar-refractivity contribution in [1.29, 1.82) is 0 Å². The molecule has 0 saturated heterocycles. The third kappa shape index (κ3) is 5.47. The first-order chi connectivity index (χ1) is 11.0. The van der Waals surface area contributed by atoms with Crippen molar-refractivity contribution in [2.75, 3.05) is 11.9 Å². The molecule has 0 radical (unpaired) electrons. The monoisotopic (exact) mass is 358 g/mol. The number of pyridine rings is 1. The van der Waals surface area contributed by atoms with E-state index < -0.39 is 11.7 Å². The fourth-order valence-corrected chi connectivity index (χ4v) is 3.23. The smallest absolute Gasteiger partial charge is 0.288 e. The van der Waals surface area contributed by atoms with Crippen LogP contribution in [0.15, 0.2) is 34.7 Å². The summed E-state index contributed by atoms with van der Waals surface area (Å²) in [6, 6.07) is 4.83. The molecule has 0 aromatic carbocycles. The molecule has 23 heavy (non-hydrogen) atoms. The lowest BCUT2D eigenvalue weighted by Gasteiger charge is -2.09. The number of ether oxygens (including phenoxy) is 1. The van der Waals surface area contributed by atoms with Gasteiger partial charge in [-0.25, -0.2) is 4.98 Å². The number of halogens is 2. The molecule has 2 heterocycles. The first-order valence-electron chi connectivity index (χ1n) is 6.88. The van der Waals surface area contributed by atoms with Crippen molar-refractivity contribution in [3.63, 3.8) is 0 Å². The Morgan fingerprint density at radius 3 is 2.78 bits per heavy atom. The summed E-state index contributed by atoms with van der Waals surface area (Å²) < 4.78 is 30.4. The molecule has 0 aliphatic carbocycles. The summed E-state index contributed by atoms with van der Waals surface area (Å²) in [4.78, 5) is 16.8. The molecule has 0 aliphatic rings.